The number of rotatable bonds is 4. The van der Waals surface area contributed by atoms with Gasteiger partial charge in [0.1, 0.15) is 24.8 Å². The lowest BCUT2D eigenvalue weighted by atomic mass is 9.91. The first-order chi connectivity index (χ1) is 14.6. The van der Waals surface area contributed by atoms with Crippen LogP contribution >= 0.6 is 0 Å². The van der Waals surface area contributed by atoms with E-state index in [1.165, 1.54) is 12.7 Å². The summed E-state index contributed by atoms with van der Waals surface area (Å²) < 4.78 is 4.90. The molecule has 0 atom stereocenters. The highest BCUT2D eigenvalue weighted by atomic mass is 16.1. The molecule has 30 heavy (non-hydrogen) atoms. The number of nitrogens with one attached hydrogen (secondary N) is 1. The average molecular weight is 406 g/mol. The molecule has 154 valence electrons. The van der Waals surface area contributed by atoms with Gasteiger partial charge < -0.3 is 5.32 Å². The molecular formula is C19H22N10O. The van der Waals surface area contributed by atoms with Gasteiger partial charge in [-0.3, -0.25) is 4.79 Å². The van der Waals surface area contributed by atoms with Crippen LogP contribution in [-0.4, -0.2) is 50.2 Å². The molecule has 0 aliphatic heterocycles. The zero-order valence-electron chi connectivity index (χ0n) is 16.8. The van der Waals surface area contributed by atoms with Crippen molar-refractivity contribution >= 4 is 11.6 Å². The molecule has 4 aromatic heterocycles. The van der Waals surface area contributed by atoms with Gasteiger partial charge in [-0.1, -0.05) is 0 Å². The molecule has 0 radical (unpaired) electrons. The zero-order chi connectivity index (χ0) is 20.7. The minimum atomic E-state index is -0.0970. The molecule has 1 aliphatic carbocycles. The first kappa shape index (κ1) is 18.4. The maximum absolute atomic E-state index is 12.4. The lowest BCUT2D eigenvalue weighted by molar-refractivity contribution is 0.302. The molecule has 0 saturated heterocycles. The van der Waals surface area contributed by atoms with E-state index in [9.17, 15) is 4.79 Å². The van der Waals surface area contributed by atoms with Crippen LogP contribution in [-0.2, 0) is 0 Å². The van der Waals surface area contributed by atoms with Gasteiger partial charge in [0.15, 0.2) is 5.82 Å². The molecule has 0 amide bonds. The van der Waals surface area contributed by atoms with E-state index < -0.39 is 0 Å². The molecule has 5 rings (SSSR count). The fourth-order valence-electron chi connectivity index (χ4n) is 3.99. The van der Waals surface area contributed by atoms with Gasteiger partial charge in [-0.2, -0.15) is 19.7 Å². The topological polar surface area (TPSA) is 121 Å². The molecule has 0 aromatic carbocycles. The normalized spacial score (nSPS) is 19.3. The lowest BCUT2D eigenvalue weighted by Crippen LogP contribution is -2.34. The quantitative estimate of drug-likeness (QED) is 0.541. The third-order valence-corrected chi connectivity index (χ3v) is 5.76. The van der Waals surface area contributed by atoms with Crippen molar-refractivity contribution in [3.8, 4) is 5.82 Å². The van der Waals surface area contributed by atoms with Gasteiger partial charge in [0.2, 0.25) is 0 Å². The Kier molecular flexibility index (Phi) is 4.49. The van der Waals surface area contributed by atoms with E-state index in [1.807, 2.05) is 13.8 Å². The molecule has 1 fully saturated rings. The predicted octanol–water partition coefficient (Wildman–Crippen LogP) is 1.47. The molecular weight excluding hydrogens is 384 g/mol. The Hall–Kier alpha value is -3.63. The highest BCUT2D eigenvalue weighted by Gasteiger charge is 2.25. The number of hydrogen-bond acceptors (Lipinski definition) is 8. The van der Waals surface area contributed by atoms with Gasteiger partial charge in [0, 0.05) is 23.4 Å². The van der Waals surface area contributed by atoms with Crippen LogP contribution in [0.2, 0.25) is 0 Å². The molecule has 11 nitrogen and oxygen atoms in total. The average Bonchev–Trinajstić information content (AvgIpc) is 3.44. The second-order valence-corrected chi connectivity index (χ2v) is 7.61. The number of anilines is 1. The Bertz CT molecular complexity index is 1230. The van der Waals surface area contributed by atoms with Crippen molar-refractivity contribution in [3.05, 3.63) is 52.7 Å². The van der Waals surface area contributed by atoms with E-state index in [1.54, 1.807) is 32.3 Å². The van der Waals surface area contributed by atoms with E-state index in [0.717, 1.165) is 42.8 Å². The molecule has 1 N–H and O–H groups in total. The summed E-state index contributed by atoms with van der Waals surface area (Å²) in [5.41, 5.74) is 1.90. The minimum absolute atomic E-state index is 0.0608. The summed E-state index contributed by atoms with van der Waals surface area (Å²) in [7, 11) is 0. The van der Waals surface area contributed by atoms with Gasteiger partial charge in [-0.25, -0.2) is 19.3 Å². The Balaban J connectivity index is 1.33. The van der Waals surface area contributed by atoms with Crippen molar-refractivity contribution in [2.45, 2.75) is 51.6 Å². The van der Waals surface area contributed by atoms with Crippen LogP contribution in [0, 0.1) is 13.8 Å². The summed E-state index contributed by atoms with van der Waals surface area (Å²) in [5, 5.41) is 16.6. The van der Waals surface area contributed by atoms with Crippen molar-refractivity contribution in [1.82, 2.24) is 44.1 Å². The van der Waals surface area contributed by atoms with E-state index in [-0.39, 0.29) is 17.6 Å². The van der Waals surface area contributed by atoms with Gasteiger partial charge in [0.05, 0.1) is 6.04 Å². The highest BCUT2D eigenvalue weighted by molar-refractivity contribution is 5.52. The van der Waals surface area contributed by atoms with Crippen molar-refractivity contribution in [2.24, 2.45) is 0 Å². The molecule has 4 heterocycles. The molecule has 0 spiro atoms. The SMILES string of the molecule is Cc1nc2ncnn2c(NC2CCC(n3nc(-n4cncn4)ccc3=O)CC2)c1C. The van der Waals surface area contributed by atoms with Crippen LogP contribution in [0.15, 0.2) is 35.9 Å². The molecule has 11 heteroatoms. The van der Waals surface area contributed by atoms with Crippen LogP contribution in [0.4, 0.5) is 5.82 Å². The van der Waals surface area contributed by atoms with Gasteiger partial charge >= 0.3 is 0 Å². The number of hydrogen-bond donors (Lipinski definition) is 1. The fourth-order valence-corrected chi connectivity index (χ4v) is 3.99. The van der Waals surface area contributed by atoms with Crippen LogP contribution in [0.3, 0.4) is 0 Å². The third kappa shape index (κ3) is 3.21. The first-order valence-electron chi connectivity index (χ1n) is 9.98. The van der Waals surface area contributed by atoms with E-state index >= 15 is 0 Å². The van der Waals surface area contributed by atoms with Crippen LogP contribution in [0.25, 0.3) is 11.6 Å². The number of aryl methyl sites for hydroxylation is 1. The van der Waals surface area contributed by atoms with Crippen molar-refractivity contribution in [3.63, 3.8) is 0 Å². The second-order valence-electron chi connectivity index (χ2n) is 7.61. The lowest BCUT2D eigenvalue weighted by Gasteiger charge is -2.30. The maximum atomic E-state index is 12.4. The van der Waals surface area contributed by atoms with E-state index in [2.05, 4.69) is 35.6 Å². The van der Waals surface area contributed by atoms with Gasteiger partial charge in [-0.05, 0) is 45.6 Å². The number of aromatic nitrogens is 9. The van der Waals surface area contributed by atoms with Crippen molar-refractivity contribution < 1.29 is 0 Å². The fraction of sp³-hybridized carbons (Fsp3) is 0.421. The third-order valence-electron chi connectivity index (χ3n) is 5.76. The van der Waals surface area contributed by atoms with Crippen molar-refractivity contribution in [1.29, 1.82) is 0 Å². The summed E-state index contributed by atoms with van der Waals surface area (Å²) in [6.07, 6.45) is 8.09. The van der Waals surface area contributed by atoms with Crippen LogP contribution < -0.4 is 10.9 Å². The standard InChI is InChI=1S/C19H22N10O/c1-12-13(2)24-19-21-10-23-29(19)18(12)25-14-3-5-15(6-4-14)28-17(30)8-7-16(26-28)27-11-20-9-22-27/h7-11,14-15,25H,3-6H2,1-2H3. The second kappa shape index (κ2) is 7.32. The van der Waals surface area contributed by atoms with E-state index in [0.29, 0.717) is 11.6 Å². The Morgan fingerprint density at radius 1 is 1.07 bits per heavy atom. The smallest absolute Gasteiger partial charge is 0.267 e. The predicted molar refractivity (Wildman–Crippen MR) is 109 cm³/mol. The minimum Gasteiger partial charge on any atom is -0.367 e. The van der Waals surface area contributed by atoms with Crippen molar-refractivity contribution in [2.75, 3.05) is 5.32 Å². The molecule has 1 saturated carbocycles. The number of fused-ring (bicyclic) bond motifs is 1. The Morgan fingerprint density at radius 2 is 1.90 bits per heavy atom. The molecule has 0 bridgehead atoms. The largest absolute Gasteiger partial charge is 0.367 e. The summed E-state index contributed by atoms with van der Waals surface area (Å²) in [4.78, 5) is 25.0. The van der Waals surface area contributed by atoms with Gasteiger partial charge in [-0.15, -0.1) is 5.10 Å². The molecule has 0 unspecified atom stereocenters. The van der Waals surface area contributed by atoms with Gasteiger partial charge in [0.25, 0.3) is 11.3 Å². The molecule has 4 aromatic rings. The maximum Gasteiger partial charge on any atom is 0.267 e. The molecule has 1 aliphatic rings. The summed E-state index contributed by atoms with van der Waals surface area (Å²) >= 11 is 0. The summed E-state index contributed by atoms with van der Waals surface area (Å²) in [6.45, 7) is 4.02. The zero-order valence-corrected chi connectivity index (χ0v) is 16.8. The Labute approximate surface area is 171 Å². The monoisotopic (exact) mass is 406 g/mol. The Morgan fingerprint density at radius 3 is 2.67 bits per heavy atom. The summed E-state index contributed by atoms with van der Waals surface area (Å²) in [6, 6.07) is 3.55. The highest BCUT2D eigenvalue weighted by Crippen LogP contribution is 2.30. The van der Waals surface area contributed by atoms with E-state index in [4.69, 9.17) is 0 Å². The first-order valence-corrected chi connectivity index (χ1v) is 9.98. The van der Waals surface area contributed by atoms with Crippen LogP contribution in [0.5, 0.6) is 0 Å². The summed E-state index contributed by atoms with van der Waals surface area (Å²) in [5.74, 6) is 2.11. The van der Waals surface area contributed by atoms with Crippen LogP contribution in [0.1, 0.15) is 43.0 Å². The number of nitrogens with zero attached hydrogens (tertiary/aromatic N) is 9.